The van der Waals surface area contributed by atoms with Crippen LogP contribution in [0.5, 0.6) is 0 Å². The lowest BCUT2D eigenvalue weighted by Crippen LogP contribution is -2.40. The summed E-state index contributed by atoms with van der Waals surface area (Å²) in [4.78, 5) is 9.25. The molecular formula is C25H25N3O. The van der Waals surface area contributed by atoms with Crippen LogP contribution >= 0.6 is 0 Å². The number of benzene rings is 2. The molecule has 0 spiro atoms. The lowest BCUT2D eigenvalue weighted by molar-refractivity contribution is 0.202. The van der Waals surface area contributed by atoms with Gasteiger partial charge >= 0.3 is 0 Å². The highest BCUT2D eigenvalue weighted by molar-refractivity contribution is 6.04. The molecule has 5 rings (SSSR count). The summed E-state index contributed by atoms with van der Waals surface area (Å²) < 4.78 is 6.27. The molecule has 0 saturated carbocycles. The Kier molecular flexibility index (Phi) is 3.91. The molecule has 0 saturated heterocycles. The van der Waals surface area contributed by atoms with Gasteiger partial charge in [-0.05, 0) is 51.5 Å². The van der Waals surface area contributed by atoms with E-state index in [-0.39, 0.29) is 5.54 Å². The van der Waals surface area contributed by atoms with Gasteiger partial charge in [-0.1, -0.05) is 36.4 Å². The molecule has 2 aromatic heterocycles. The van der Waals surface area contributed by atoms with Gasteiger partial charge in [0.25, 0.3) is 0 Å². The number of aromatic nitrogens is 1. The van der Waals surface area contributed by atoms with Crippen molar-refractivity contribution in [1.29, 1.82) is 0 Å². The number of pyridine rings is 1. The fourth-order valence-corrected chi connectivity index (χ4v) is 4.23. The second kappa shape index (κ2) is 6.38. The van der Waals surface area contributed by atoms with Crippen molar-refractivity contribution in [2.75, 3.05) is 11.6 Å². The molecular weight excluding hydrogens is 358 g/mol. The second-order valence-electron chi connectivity index (χ2n) is 8.31. The Labute approximate surface area is 171 Å². The van der Waals surface area contributed by atoms with Gasteiger partial charge in [0.1, 0.15) is 5.58 Å². The zero-order chi connectivity index (χ0) is 20.2. The van der Waals surface area contributed by atoms with Crippen LogP contribution in [0, 0.1) is 13.8 Å². The zero-order valence-electron chi connectivity index (χ0n) is 17.3. The molecule has 1 aliphatic heterocycles. The molecule has 4 nitrogen and oxygen atoms in total. The molecule has 29 heavy (non-hydrogen) atoms. The fraction of sp³-hybridized carbons (Fsp3) is 0.240. The topological polar surface area (TPSA) is 32.5 Å². The molecule has 0 atom stereocenters. The molecule has 2 aromatic carbocycles. The molecule has 0 radical (unpaired) electrons. The van der Waals surface area contributed by atoms with E-state index in [2.05, 4.69) is 96.5 Å². The van der Waals surface area contributed by atoms with E-state index in [4.69, 9.17) is 4.42 Å². The molecule has 1 aliphatic rings. The van der Waals surface area contributed by atoms with E-state index in [1.54, 1.807) is 0 Å². The third kappa shape index (κ3) is 2.79. The Balaban J connectivity index is 1.55. The Bertz CT molecular complexity index is 1250. The highest BCUT2D eigenvalue weighted by atomic mass is 16.3. The van der Waals surface area contributed by atoms with Crippen LogP contribution in [0.1, 0.15) is 30.7 Å². The number of anilines is 1. The van der Waals surface area contributed by atoms with E-state index in [0.717, 1.165) is 28.7 Å². The highest BCUT2D eigenvalue weighted by Crippen LogP contribution is 2.39. The molecule has 146 valence electrons. The number of para-hydroxylation sites is 2. The number of nitrogens with zero attached hydrogens (tertiary/aromatic N) is 3. The SMILES string of the molecule is Cc1ccc2c(n1)oc1c(C(C)(C)N3C=CN(c4ccccc4C)C3)cccc12. The predicted octanol–water partition coefficient (Wildman–Crippen LogP) is 6.08. The van der Waals surface area contributed by atoms with Crippen molar-refractivity contribution in [3.05, 3.63) is 83.8 Å². The van der Waals surface area contributed by atoms with Crippen LogP contribution in [-0.4, -0.2) is 16.6 Å². The van der Waals surface area contributed by atoms with Crippen LogP contribution in [0.3, 0.4) is 0 Å². The third-order valence-electron chi connectivity index (χ3n) is 6.04. The number of hydrogen-bond acceptors (Lipinski definition) is 4. The van der Waals surface area contributed by atoms with Crippen molar-refractivity contribution in [2.45, 2.75) is 33.2 Å². The van der Waals surface area contributed by atoms with Crippen LogP contribution in [-0.2, 0) is 5.54 Å². The van der Waals surface area contributed by atoms with Gasteiger partial charge in [0, 0.05) is 40.1 Å². The van der Waals surface area contributed by atoms with Crippen LogP contribution in [0.2, 0.25) is 0 Å². The number of furan rings is 1. The molecule has 0 bridgehead atoms. The Hall–Kier alpha value is -3.27. The van der Waals surface area contributed by atoms with Crippen LogP contribution in [0.15, 0.2) is 71.4 Å². The summed E-state index contributed by atoms with van der Waals surface area (Å²) in [7, 11) is 0. The van der Waals surface area contributed by atoms with E-state index in [1.807, 2.05) is 13.0 Å². The van der Waals surface area contributed by atoms with E-state index in [1.165, 1.54) is 16.8 Å². The lowest BCUT2D eigenvalue weighted by atomic mass is 9.91. The first-order chi connectivity index (χ1) is 13.9. The standard InChI is InChI=1S/C25H25N3O/c1-17-8-5-6-11-22(17)27-14-15-28(16-27)25(3,4)21-10-7-9-19-20-13-12-18(2)26-24(20)29-23(19)21/h5-15H,16H2,1-4H3. The van der Waals surface area contributed by atoms with Gasteiger partial charge in [0.2, 0.25) is 5.71 Å². The summed E-state index contributed by atoms with van der Waals surface area (Å²) in [6.45, 7) is 9.44. The van der Waals surface area contributed by atoms with E-state index >= 15 is 0 Å². The van der Waals surface area contributed by atoms with Crippen molar-refractivity contribution >= 4 is 27.8 Å². The minimum absolute atomic E-state index is 0.240. The Morgan fingerprint density at radius 2 is 1.72 bits per heavy atom. The van der Waals surface area contributed by atoms with Gasteiger partial charge in [0.15, 0.2) is 0 Å². The average Bonchev–Trinajstić information content (AvgIpc) is 3.33. The highest BCUT2D eigenvalue weighted by Gasteiger charge is 2.33. The number of hydrogen-bond donors (Lipinski definition) is 0. The second-order valence-corrected chi connectivity index (χ2v) is 8.31. The first-order valence-corrected chi connectivity index (χ1v) is 10.0. The zero-order valence-corrected chi connectivity index (χ0v) is 17.3. The molecule has 0 fully saturated rings. The number of fused-ring (bicyclic) bond motifs is 3. The van der Waals surface area contributed by atoms with Gasteiger partial charge < -0.3 is 14.2 Å². The molecule has 4 heteroatoms. The number of aryl methyl sites for hydroxylation is 2. The Morgan fingerprint density at radius 1 is 0.897 bits per heavy atom. The number of rotatable bonds is 3. The summed E-state index contributed by atoms with van der Waals surface area (Å²) in [6.07, 6.45) is 4.34. The van der Waals surface area contributed by atoms with Gasteiger partial charge in [0.05, 0.1) is 12.2 Å². The average molecular weight is 383 g/mol. The monoisotopic (exact) mass is 383 g/mol. The van der Waals surface area contributed by atoms with E-state index in [0.29, 0.717) is 5.71 Å². The van der Waals surface area contributed by atoms with E-state index < -0.39 is 0 Å². The normalized spacial score (nSPS) is 14.5. The largest absolute Gasteiger partial charge is 0.437 e. The predicted molar refractivity (Wildman–Crippen MR) is 119 cm³/mol. The summed E-state index contributed by atoms with van der Waals surface area (Å²) in [5.74, 6) is 0. The van der Waals surface area contributed by atoms with Crippen molar-refractivity contribution in [3.8, 4) is 0 Å². The van der Waals surface area contributed by atoms with Crippen LogP contribution in [0.25, 0.3) is 22.1 Å². The van der Waals surface area contributed by atoms with E-state index in [9.17, 15) is 0 Å². The summed E-state index contributed by atoms with van der Waals surface area (Å²) >= 11 is 0. The summed E-state index contributed by atoms with van der Waals surface area (Å²) in [5.41, 5.74) is 6.04. The maximum atomic E-state index is 6.27. The molecule has 0 amide bonds. The summed E-state index contributed by atoms with van der Waals surface area (Å²) in [6, 6.07) is 19.1. The van der Waals surface area contributed by atoms with Crippen molar-refractivity contribution in [3.63, 3.8) is 0 Å². The lowest BCUT2D eigenvalue weighted by Gasteiger charge is -2.37. The van der Waals surface area contributed by atoms with Crippen molar-refractivity contribution in [2.24, 2.45) is 0 Å². The Morgan fingerprint density at radius 3 is 2.55 bits per heavy atom. The smallest absolute Gasteiger partial charge is 0.227 e. The van der Waals surface area contributed by atoms with Gasteiger partial charge in [-0.25, -0.2) is 4.98 Å². The first kappa shape index (κ1) is 17.8. The minimum atomic E-state index is -0.240. The van der Waals surface area contributed by atoms with Gasteiger partial charge in [-0.3, -0.25) is 0 Å². The molecule has 0 unspecified atom stereocenters. The van der Waals surface area contributed by atoms with Crippen LogP contribution in [0.4, 0.5) is 5.69 Å². The molecule has 0 aliphatic carbocycles. The quantitative estimate of drug-likeness (QED) is 0.429. The maximum absolute atomic E-state index is 6.27. The first-order valence-electron chi connectivity index (χ1n) is 10.0. The molecule has 3 heterocycles. The maximum Gasteiger partial charge on any atom is 0.227 e. The van der Waals surface area contributed by atoms with Crippen molar-refractivity contribution < 1.29 is 4.42 Å². The van der Waals surface area contributed by atoms with Gasteiger partial charge in [-0.15, -0.1) is 0 Å². The molecule has 4 aromatic rings. The van der Waals surface area contributed by atoms with Crippen molar-refractivity contribution in [1.82, 2.24) is 9.88 Å². The van der Waals surface area contributed by atoms with Gasteiger partial charge in [-0.2, -0.15) is 0 Å². The minimum Gasteiger partial charge on any atom is -0.437 e. The van der Waals surface area contributed by atoms with Crippen LogP contribution < -0.4 is 4.90 Å². The molecule has 0 N–H and O–H groups in total. The fourth-order valence-electron chi connectivity index (χ4n) is 4.23. The third-order valence-corrected chi connectivity index (χ3v) is 6.04. The summed E-state index contributed by atoms with van der Waals surface area (Å²) in [5, 5.41) is 2.19.